The summed E-state index contributed by atoms with van der Waals surface area (Å²) in [5, 5.41) is 0. The van der Waals surface area contributed by atoms with Crippen LogP contribution in [0.15, 0.2) is 33.7 Å². The summed E-state index contributed by atoms with van der Waals surface area (Å²) >= 11 is 5.35. The molecule has 1 fully saturated rings. The molecule has 1 aliphatic rings. The van der Waals surface area contributed by atoms with Gasteiger partial charge in [0.05, 0.1) is 6.54 Å². The van der Waals surface area contributed by atoms with Crippen LogP contribution in [-0.4, -0.2) is 48.6 Å². The van der Waals surface area contributed by atoms with E-state index in [1.54, 1.807) is 0 Å². The Labute approximate surface area is 126 Å². The Hall–Kier alpha value is -0.880. The van der Waals surface area contributed by atoms with Gasteiger partial charge in [-0.3, -0.25) is 0 Å². The molecule has 0 saturated carbocycles. The van der Waals surface area contributed by atoms with Crippen LogP contribution in [0.4, 0.5) is 0 Å². The van der Waals surface area contributed by atoms with E-state index in [0.29, 0.717) is 19.1 Å². The van der Waals surface area contributed by atoms with Gasteiger partial charge >= 0.3 is 0 Å². The molecule has 0 amide bonds. The lowest BCUT2D eigenvalue weighted by Gasteiger charge is -2.27. The molecule has 6 heteroatoms. The number of halogens is 1. The Bertz CT molecular complexity index is 418. The highest BCUT2D eigenvalue weighted by Gasteiger charge is 2.11. The van der Waals surface area contributed by atoms with Gasteiger partial charge in [-0.25, -0.2) is 4.99 Å². The van der Waals surface area contributed by atoms with E-state index in [9.17, 15) is 0 Å². The maximum absolute atomic E-state index is 5.95. The second-order valence-corrected chi connectivity index (χ2v) is 6.28. The van der Waals surface area contributed by atoms with Gasteiger partial charge in [-0.05, 0) is 24.3 Å². The largest absolute Gasteiger partial charge is 0.492 e. The van der Waals surface area contributed by atoms with Crippen molar-refractivity contribution in [3.63, 3.8) is 0 Å². The predicted molar refractivity (Wildman–Crippen MR) is 85.0 cm³/mol. The molecule has 4 nitrogen and oxygen atoms in total. The number of rotatable bonds is 4. The Balaban J connectivity index is 1.71. The molecule has 0 bridgehead atoms. The van der Waals surface area contributed by atoms with Crippen molar-refractivity contribution in [1.82, 2.24) is 4.90 Å². The molecular formula is C13H18BrN3OS. The third-order valence-electron chi connectivity index (χ3n) is 2.78. The third-order valence-corrected chi connectivity index (χ3v) is 4.25. The first-order chi connectivity index (χ1) is 9.25. The SMILES string of the molecule is NC(=NCCOc1ccc(Br)cc1)N1CCSCC1. The summed E-state index contributed by atoms with van der Waals surface area (Å²) in [6.45, 7) is 3.12. The first-order valence-electron chi connectivity index (χ1n) is 6.27. The maximum atomic E-state index is 5.95. The molecule has 2 N–H and O–H groups in total. The van der Waals surface area contributed by atoms with Gasteiger partial charge in [0.15, 0.2) is 5.96 Å². The molecule has 1 heterocycles. The normalized spacial score (nSPS) is 16.5. The number of hydrogen-bond donors (Lipinski definition) is 1. The second-order valence-electron chi connectivity index (χ2n) is 4.14. The maximum Gasteiger partial charge on any atom is 0.191 e. The molecule has 19 heavy (non-hydrogen) atoms. The highest BCUT2D eigenvalue weighted by Crippen LogP contribution is 2.15. The summed E-state index contributed by atoms with van der Waals surface area (Å²) in [4.78, 5) is 6.49. The van der Waals surface area contributed by atoms with Gasteiger partial charge in [-0.2, -0.15) is 11.8 Å². The van der Waals surface area contributed by atoms with Crippen molar-refractivity contribution in [2.45, 2.75) is 0 Å². The smallest absolute Gasteiger partial charge is 0.191 e. The van der Waals surface area contributed by atoms with E-state index in [-0.39, 0.29) is 0 Å². The summed E-state index contributed by atoms with van der Waals surface area (Å²) in [6.07, 6.45) is 0. The fraction of sp³-hybridized carbons (Fsp3) is 0.462. The standard InChI is InChI=1S/C13H18BrN3OS/c14-11-1-3-12(4-2-11)18-8-5-16-13(15)17-6-9-19-10-7-17/h1-4H,5-10H2,(H2,15,16). The molecule has 1 aromatic carbocycles. The van der Waals surface area contributed by atoms with Gasteiger partial charge in [0, 0.05) is 29.1 Å². The van der Waals surface area contributed by atoms with E-state index in [0.717, 1.165) is 34.8 Å². The lowest BCUT2D eigenvalue weighted by atomic mass is 10.3. The van der Waals surface area contributed by atoms with Gasteiger partial charge in [0.25, 0.3) is 0 Å². The summed E-state index contributed by atoms with van der Waals surface area (Å²) in [5.41, 5.74) is 5.95. The summed E-state index contributed by atoms with van der Waals surface area (Å²) < 4.78 is 6.64. The van der Waals surface area contributed by atoms with Gasteiger partial charge in [-0.15, -0.1) is 0 Å². The highest BCUT2D eigenvalue weighted by atomic mass is 79.9. The van der Waals surface area contributed by atoms with Crippen molar-refractivity contribution in [3.05, 3.63) is 28.7 Å². The Morgan fingerprint density at radius 1 is 1.32 bits per heavy atom. The fourth-order valence-electron chi connectivity index (χ4n) is 1.75. The van der Waals surface area contributed by atoms with Crippen molar-refractivity contribution < 1.29 is 4.74 Å². The minimum Gasteiger partial charge on any atom is -0.492 e. The minimum absolute atomic E-state index is 0.547. The van der Waals surface area contributed by atoms with E-state index in [2.05, 4.69) is 25.8 Å². The van der Waals surface area contributed by atoms with Gasteiger partial charge in [0.1, 0.15) is 12.4 Å². The summed E-state index contributed by atoms with van der Waals surface area (Å²) in [5.74, 6) is 3.75. The number of thioether (sulfide) groups is 1. The minimum atomic E-state index is 0.547. The number of benzene rings is 1. The van der Waals surface area contributed by atoms with Crippen molar-refractivity contribution in [2.75, 3.05) is 37.7 Å². The molecule has 0 aromatic heterocycles. The zero-order valence-electron chi connectivity index (χ0n) is 10.7. The quantitative estimate of drug-likeness (QED) is 0.517. The van der Waals surface area contributed by atoms with Crippen LogP contribution in [0, 0.1) is 0 Å². The van der Waals surface area contributed by atoms with Crippen molar-refractivity contribution in [3.8, 4) is 5.75 Å². The zero-order valence-corrected chi connectivity index (χ0v) is 13.1. The number of hydrogen-bond acceptors (Lipinski definition) is 3. The number of nitrogens with two attached hydrogens (primary N) is 1. The Morgan fingerprint density at radius 3 is 2.68 bits per heavy atom. The summed E-state index contributed by atoms with van der Waals surface area (Å²) in [6, 6.07) is 7.77. The van der Waals surface area contributed by atoms with Gasteiger partial charge in [-0.1, -0.05) is 15.9 Å². The van der Waals surface area contributed by atoms with Crippen LogP contribution in [0.3, 0.4) is 0 Å². The molecule has 104 valence electrons. The lowest BCUT2D eigenvalue weighted by Crippen LogP contribution is -2.42. The second kappa shape index (κ2) is 7.65. The number of guanidine groups is 1. The third kappa shape index (κ3) is 4.95. The van der Waals surface area contributed by atoms with Crippen LogP contribution < -0.4 is 10.5 Å². The molecule has 1 aromatic rings. The van der Waals surface area contributed by atoms with Crippen LogP contribution in [0.2, 0.25) is 0 Å². The van der Waals surface area contributed by atoms with Crippen LogP contribution in [0.25, 0.3) is 0 Å². The average Bonchev–Trinajstić information content (AvgIpc) is 2.46. The molecule has 0 unspecified atom stereocenters. The van der Waals surface area contributed by atoms with Gasteiger partial charge in [0.2, 0.25) is 0 Å². The molecule has 0 radical (unpaired) electrons. The van der Waals surface area contributed by atoms with E-state index in [1.165, 1.54) is 0 Å². The van der Waals surface area contributed by atoms with E-state index in [4.69, 9.17) is 10.5 Å². The monoisotopic (exact) mass is 343 g/mol. The number of ether oxygens (including phenoxy) is 1. The number of aliphatic imine (C=N–C) groups is 1. The Morgan fingerprint density at radius 2 is 2.00 bits per heavy atom. The fourth-order valence-corrected chi connectivity index (χ4v) is 2.91. The molecule has 0 spiro atoms. The van der Waals surface area contributed by atoms with Crippen LogP contribution in [-0.2, 0) is 0 Å². The molecule has 0 aliphatic carbocycles. The van der Waals surface area contributed by atoms with Crippen LogP contribution in [0.1, 0.15) is 0 Å². The Kier molecular flexibility index (Phi) is 5.85. The van der Waals surface area contributed by atoms with Crippen LogP contribution >= 0.6 is 27.7 Å². The topological polar surface area (TPSA) is 50.9 Å². The molecule has 1 aliphatic heterocycles. The lowest BCUT2D eigenvalue weighted by molar-refractivity contribution is 0.327. The van der Waals surface area contributed by atoms with Crippen molar-refractivity contribution in [2.24, 2.45) is 10.7 Å². The van der Waals surface area contributed by atoms with Crippen molar-refractivity contribution in [1.29, 1.82) is 0 Å². The first kappa shape index (κ1) is 14.5. The van der Waals surface area contributed by atoms with E-state index < -0.39 is 0 Å². The molecule has 0 atom stereocenters. The van der Waals surface area contributed by atoms with Crippen LogP contribution in [0.5, 0.6) is 5.75 Å². The molecule has 2 rings (SSSR count). The predicted octanol–water partition coefficient (Wildman–Crippen LogP) is 2.19. The highest BCUT2D eigenvalue weighted by molar-refractivity contribution is 9.10. The van der Waals surface area contributed by atoms with Crippen molar-refractivity contribution >= 4 is 33.7 Å². The number of nitrogens with zero attached hydrogens (tertiary/aromatic N) is 2. The average molecular weight is 344 g/mol. The molecule has 1 saturated heterocycles. The van der Waals surface area contributed by atoms with E-state index >= 15 is 0 Å². The molecular weight excluding hydrogens is 326 g/mol. The van der Waals surface area contributed by atoms with Gasteiger partial charge < -0.3 is 15.4 Å². The summed E-state index contributed by atoms with van der Waals surface area (Å²) in [7, 11) is 0. The first-order valence-corrected chi connectivity index (χ1v) is 8.21. The van der Waals surface area contributed by atoms with E-state index in [1.807, 2.05) is 36.0 Å². The zero-order chi connectivity index (χ0) is 13.5.